The Morgan fingerprint density at radius 3 is 2.29 bits per heavy atom. The predicted octanol–water partition coefficient (Wildman–Crippen LogP) is 2.82. The molecule has 11 nitrogen and oxygen atoms in total. The monoisotopic (exact) mass is 496 g/mol. The number of nitro benzene ring substituents is 1. The number of hydrogen-bond acceptors (Lipinski definition) is 7. The fourth-order valence-electron chi connectivity index (χ4n) is 3.69. The number of sulfonamides is 1. The Kier molecular flexibility index (Phi) is 7.22. The zero-order valence-corrected chi connectivity index (χ0v) is 19.5. The van der Waals surface area contributed by atoms with Crippen LogP contribution in [0.5, 0.6) is 0 Å². The Labute approximate surface area is 202 Å². The van der Waals surface area contributed by atoms with Crippen LogP contribution in [-0.4, -0.2) is 54.8 Å². The number of nitrogens with one attached hydrogen (secondary N) is 2. The SMILES string of the molecule is O=C(NCc1cccnc1)Nc1ccc(S(=O)(=O)N2CCN(c3ccc([N+](=O)[O-])cc3)CC2)cc1. The zero-order chi connectivity index (χ0) is 24.8. The molecule has 0 unspecified atom stereocenters. The van der Waals surface area contributed by atoms with Gasteiger partial charge in [0.05, 0.1) is 9.82 Å². The van der Waals surface area contributed by atoms with Crippen molar-refractivity contribution in [3.8, 4) is 0 Å². The highest BCUT2D eigenvalue weighted by atomic mass is 32.2. The number of anilines is 2. The summed E-state index contributed by atoms with van der Waals surface area (Å²) < 4.78 is 27.6. The Hall–Kier alpha value is -4.03. The highest BCUT2D eigenvalue weighted by Crippen LogP contribution is 2.24. The molecule has 0 spiro atoms. The second-order valence-corrected chi connectivity index (χ2v) is 9.80. The van der Waals surface area contributed by atoms with Gasteiger partial charge in [0.1, 0.15) is 0 Å². The lowest BCUT2D eigenvalue weighted by atomic mass is 10.2. The summed E-state index contributed by atoms with van der Waals surface area (Å²) in [5, 5.41) is 16.2. The molecule has 4 rings (SSSR count). The topological polar surface area (TPSA) is 138 Å². The van der Waals surface area contributed by atoms with E-state index in [1.54, 1.807) is 42.7 Å². The van der Waals surface area contributed by atoms with E-state index in [9.17, 15) is 23.3 Å². The molecule has 2 heterocycles. The second-order valence-electron chi connectivity index (χ2n) is 7.86. The maximum Gasteiger partial charge on any atom is 0.319 e. The van der Waals surface area contributed by atoms with E-state index in [0.717, 1.165) is 11.3 Å². The number of carbonyl (C=O) groups excluding carboxylic acids is 1. The Bertz CT molecular complexity index is 1280. The Balaban J connectivity index is 1.31. The molecular weight excluding hydrogens is 472 g/mol. The lowest BCUT2D eigenvalue weighted by Gasteiger charge is -2.35. The van der Waals surface area contributed by atoms with Crippen LogP contribution in [-0.2, 0) is 16.6 Å². The molecule has 0 aliphatic carbocycles. The van der Waals surface area contributed by atoms with Gasteiger partial charge in [-0.05, 0) is 48.0 Å². The molecule has 1 saturated heterocycles. The van der Waals surface area contributed by atoms with Crippen LogP contribution in [0.2, 0.25) is 0 Å². The molecule has 12 heteroatoms. The Morgan fingerprint density at radius 2 is 1.69 bits per heavy atom. The van der Waals surface area contributed by atoms with Crippen molar-refractivity contribution in [3.05, 3.63) is 88.7 Å². The quantitative estimate of drug-likeness (QED) is 0.379. The maximum absolute atomic E-state index is 13.1. The molecule has 2 N–H and O–H groups in total. The fraction of sp³-hybridized carbons (Fsp3) is 0.217. The summed E-state index contributed by atoms with van der Waals surface area (Å²) >= 11 is 0. The number of benzene rings is 2. The molecule has 0 saturated carbocycles. The smallest absolute Gasteiger partial charge is 0.319 e. The predicted molar refractivity (Wildman–Crippen MR) is 131 cm³/mol. The van der Waals surface area contributed by atoms with Crippen LogP contribution in [0.15, 0.2) is 78.0 Å². The van der Waals surface area contributed by atoms with E-state index in [1.165, 1.54) is 28.6 Å². The molecule has 3 aromatic rings. The zero-order valence-electron chi connectivity index (χ0n) is 18.7. The summed E-state index contributed by atoms with van der Waals surface area (Å²) in [6.07, 6.45) is 3.31. The molecule has 0 bridgehead atoms. The van der Waals surface area contributed by atoms with Gasteiger partial charge in [-0.1, -0.05) is 6.07 Å². The van der Waals surface area contributed by atoms with Crippen molar-refractivity contribution < 1.29 is 18.1 Å². The first-order valence-corrected chi connectivity index (χ1v) is 12.3. The van der Waals surface area contributed by atoms with E-state index >= 15 is 0 Å². The number of rotatable bonds is 7. The van der Waals surface area contributed by atoms with Crippen LogP contribution < -0.4 is 15.5 Å². The van der Waals surface area contributed by atoms with E-state index in [1.807, 2.05) is 11.0 Å². The highest BCUT2D eigenvalue weighted by molar-refractivity contribution is 7.89. The molecule has 182 valence electrons. The minimum absolute atomic E-state index is 0.0128. The summed E-state index contributed by atoms with van der Waals surface area (Å²) in [6, 6.07) is 15.5. The minimum atomic E-state index is -3.70. The summed E-state index contributed by atoms with van der Waals surface area (Å²) in [4.78, 5) is 28.6. The molecule has 2 amide bonds. The first-order valence-electron chi connectivity index (χ1n) is 10.9. The molecule has 2 aromatic carbocycles. The first-order chi connectivity index (χ1) is 16.8. The number of urea groups is 1. The van der Waals surface area contributed by atoms with E-state index in [-0.39, 0.29) is 23.7 Å². The van der Waals surface area contributed by atoms with Crippen LogP contribution in [0.1, 0.15) is 5.56 Å². The lowest BCUT2D eigenvalue weighted by Crippen LogP contribution is -2.48. The van der Waals surface area contributed by atoms with Gasteiger partial charge in [-0.2, -0.15) is 4.31 Å². The van der Waals surface area contributed by atoms with Crippen molar-refractivity contribution in [3.63, 3.8) is 0 Å². The third-order valence-corrected chi connectivity index (χ3v) is 7.50. The summed E-state index contributed by atoms with van der Waals surface area (Å²) in [6.45, 7) is 1.83. The number of amides is 2. The number of piperazine rings is 1. The van der Waals surface area contributed by atoms with Gasteiger partial charge in [-0.3, -0.25) is 15.1 Å². The van der Waals surface area contributed by atoms with E-state index in [2.05, 4.69) is 15.6 Å². The highest BCUT2D eigenvalue weighted by Gasteiger charge is 2.28. The largest absolute Gasteiger partial charge is 0.369 e. The number of pyridine rings is 1. The maximum atomic E-state index is 13.1. The minimum Gasteiger partial charge on any atom is -0.369 e. The summed E-state index contributed by atoms with van der Waals surface area (Å²) in [5.41, 5.74) is 2.15. The number of nitrogens with zero attached hydrogens (tertiary/aromatic N) is 4. The second kappa shape index (κ2) is 10.5. The first kappa shape index (κ1) is 24.1. The number of nitro groups is 1. The van der Waals surface area contributed by atoms with Gasteiger partial charge in [-0.25, -0.2) is 13.2 Å². The number of carbonyl (C=O) groups is 1. The van der Waals surface area contributed by atoms with Crippen molar-refractivity contribution in [1.82, 2.24) is 14.6 Å². The van der Waals surface area contributed by atoms with Gasteiger partial charge in [-0.15, -0.1) is 0 Å². The van der Waals surface area contributed by atoms with Crippen molar-refractivity contribution in [2.24, 2.45) is 0 Å². The van der Waals surface area contributed by atoms with Gasteiger partial charge in [0.25, 0.3) is 5.69 Å². The summed E-state index contributed by atoms with van der Waals surface area (Å²) in [5.74, 6) is 0. The molecule has 1 aliphatic heterocycles. The van der Waals surface area contributed by atoms with Crippen molar-refractivity contribution in [2.75, 3.05) is 36.4 Å². The van der Waals surface area contributed by atoms with Crippen LogP contribution in [0.25, 0.3) is 0 Å². The molecule has 1 aliphatic rings. The number of aromatic nitrogens is 1. The fourth-order valence-corrected chi connectivity index (χ4v) is 5.11. The summed E-state index contributed by atoms with van der Waals surface area (Å²) in [7, 11) is -3.70. The van der Waals surface area contributed by atoms with Crippen LogP contribution >= 0.6 is 0 Å². The van der Waals surface area contributed by atoms with Crippen LogP contribution in [0, 0.1) is 10.1 Å². The van der Waals surface area contributed by atoms with Crippen molar-refractivity contribution in [2.45, 2.75) is 11.4 Å². The Morgan fingerprint density at radius 1 is 1.00 bits per heavy atom. The number of hydrogen-bond donors (Lipinski definition) is 2. The van der Waals surface area contributed by atoms with E-state index in [4.69, 9.17) is 0 Å². The van der Waals surface area contributed by atoms with Crippen LogP contribution in [0.3, 0.4) is 0 Å². The van der Waals surface area contributed by atoms with E-state index in [0.29, 0.717) is 25.3 Å². The molecule has 0 atom stereocenters. The lowest BCUT2D eigenvalue weighted by molar-refractivity contribution is -0.384. The number of non-ortho nitro benzene ring substituents is 1. The average Bonchev–Trinajstić information content (AvgIpc) is 2.88. The van der Waals surface area contributed by atoms with E-state index < -0.39 is 21.0 Å². The van der Waals surface area contributed by atoms with Gasteiger partial charge < -0.3 is 15.5 Å². The van der Waals surface area contributed by atoms with Gasteiger partial charge in [0.15, 0.2) is 0 Å². The average molecular weight is 497 g/mol. The van der Waals surface area contributed by atoms with Gasteiger partial charge >= 0.3 is 6.03 Å². The molecule has 1 fully saturated rings. The normalized spacial score (nSPS) is 14.3. The third-order valence-electron chi connectivity index (χ3n) is 5.59. The van der Waals surface area contributed by atoms with Gasteiger partial charge in [0, 0.05) is 68.6 Å². The molecule has 0 radical (unpaired) electrons. The molecule has 1 aromatic heterocycles. The van der Waals surface area contributed by atoms with Crippen molar-refractivity contribution in [1.29, 1.82) is 0 Å². The van der Waals surface area contributed by atoms with Gasteiger partial charge in [0.2, 0.25) is 10.0 Å². The molecule has 35 heavy (non-hydrogen) atoms. The van der Waals surface area contributed by atoms with Crippen molar-refractivity contribution >= 4 is 33.1 Å². The third kappa shape index (κ3) is 5.91. The van der Waals surface area contributed by atoms with Crippen LogP contribution in [0.4, 0.5) is 21.9 Å². The standard InChI is InChI=1S/C23H24N6O5S/c30-23(25-17-18-2-1-11-24-16-18)26-19-3-9-22(10-4-19)35(33,34)28-14-12-27(13-15-28)20-5-7-21(8-6-20)29(31)32/h1-11,16H,12-15,17H2,(H2,25,26,30). The molecular formula is C23H24N6O5S.